The molecule has 0 aliphatic carbocycles. The van der Waals surface area contributed by atoms with Crippen LogP contribution < -0.4 is 10.3 Å². The van der Waals surface area contributed by atoms with Gasteiger partial charge in [0.25, 0.3) is 5.91 Å². The van der Waals surface area contributed by atoms with Gasteiger partial charge in [-0.05, 0) is 60.5 Å². The summed E-state index contributed by atoms with van der Waals surface area (Å²) in [5.74, 6) is -1.10. The van der Waals surface area contributed by atoms with Gasteiger partial charge in [-0.3, -0.25) is 14.5 Å². The van der Waals surface area contributed by atoms with Crippen molar-refractivity contribution in [1.82, 2.24) is 0 Å². The molecule has 1 aliphatic rings. The largest absolute Gasteiger partial charge is 0.508 e. The standard InChI is InChI=1S/C24H16FNO4/c1-13-4-2-6-16(10-13)26-21(14-5-3-7-17(27)11-14)20-22(28)18-12-15(25)8-9-19(18)30-23(20)24(26)29/h2-12,21,27H,1H3. The number of halogens is 1. The number of phenolic OH excluding ortho intramolecular Hbond substituents is 1. The second-order valence-electron chi connectivity index (χ2n) is 7.33. The molecule has 1 atom stereocenters. The molecule has 0 saturated carbocycles. The number of rotatable bonds is 2. The predicted molar refractivity (Wildman–Crippen MR) is 110 cm³/mol. The molecule has 6 heteroatoms. The van der Waals surface area contributed by atoms with Crippen LogP contribution in [0, 0.1) is 12.7 Å². The van der Waals surface area contributed by atoms with E-state index in [0.717, 1.165) is 11.6 Å². The lowest BCUT2D eigenvalue weighted by atomic mass is 9.98. The number of carbonyl (C=O) groups excluding carboxylic acids is 1. The Morgan fingerprint density at radius 2 is 1.80 bits per heavy atom. The lowest BCUT2D eigenvalue weighted by Crippen LogP contribution is -2.29. The van der Waals surface area contributed by atoms with E-state index in [-0.39, 0.29) is 28.0 Å². The van der Waals surface area contributed by atoms with Crippen molar-refractivity contribution in [2.24, 2.45) is 0 Å². The molecule has 148 valence electrons. The highest BCUT2D eigenvalue weighted by molar-refractivity contribution is 6.10. The molecule has 1 aromatic heterocycles. The number of hydrogen-bond donors (Lipinski definition) is 1. The number of hydrogen-bond acceptors (Lipinski definition) is 4. The molecule has 5 nitrogen and oxygen atoms in total. The van der Waals surface area contributed by atoms with Crippen molar-refractivity contribution in [1.29, 1.82) is 0 Å². The molecule has 0 spiro atoms. The van der Waals surface area contributed by atoms with Crippen molar-refractivity contribution in [3.8, 4) is 5.75 Å². The molecule has 1 unspecified atom stereocenters. The fourth-order valence-corrected chi connectivity index (χ4v) is 4.00. The first-order valence-electron chi connectivity index (χ1n) is 9.39. The molecule has 0 saturated heterocycles. The normalized spacial score (nSPS) is 15.6. The third-order valence-electron chi connectivity index (χ3n) is 5.30. The zero-order chi connectivity index (χ0) is 21.0. The molecule has 3 aromatic carbocycles. The summed E-state index contributed by atoms with van der Waals surface area (Å²) in [6.45, 7) is 1.90. The zero-order valence-corrected chi connectivity index (χ0v) is 15.9. The highest BCUT2D eigenvalue weighted by Crippen LogP contribution is 2.41. The summed E-state index contributed by atoms with van der Waals surface area (Å²) in [4.78, 5) is 28.2. The Morgan fingerprint density at radius 3 is 2.57 bits per heavy atom. The molecule has 0 bridgehead atoms. The summed E-state index contributed by atoms with van der Waals surface area (Å²) in [5.41, 5.74) is 1.89. The Kier molecular flexibility index (Phi) is 3.96. The maximum absolute atomic E-state index is 13.8. The van der Waals surface area contributed by atoms with E-state index in [1.165, 1.54) is 29.2 Å². The third-order valence-corrected chi connectivity index (χ3v) is 5.30. The molecule has 0 radical (unpaired) electrons. The molecule has 30 heavy (non-hydrogen) atoms. The number of benzene rings is 3. The molecule has 1 amide bonds. The Hall–Kier alpha value is -3.93. The van der Waals surface area contributed by atoms with E-state index in [4.69, 9.17) is 4.42 Å². The average molecular weight is 401 g/mol. The van der Waals surface area contributed by atoms with Crippen molar-refractivity contribution >= 4 is 22.6 Å². The maximum atomic E-state index is 13.8. The van der Waals surface area contributed by atoms with Crippen LogP contribution in [0.3, 0.4) is 0 Å². The first-order valence-corrected chi connectivity index (χ1v) is 9.39. The molecule has 2 heterocycles. The van der Waals surface area contributed by atoms with Crippen molar-refractivity contribution in [2.45, 2.75) is 13.0 Å². The molecule has 0 fully saturated rings. The van der Waals surface area contributed by atoms with Gasteiger partial charge in [-0.1, -0.05) is 24.3 Å². The fraction of sp³-hybridized carbons (Fsp3) is 0.0833. The lowest BCUT2D eigenvalue weighted by Gasteiger charge is -2.25. The summed E-state index contributed by atoms with van der Waals surface area (Å²) in [7, 11) is 0. The number of anilines is 1. The second-order valence-corrected chi connectivity index (χ2v) is 7.33. The average Bonchev–Trinajstić information content (AvgIpc) is 3.01. The van der Waals surface area contributed by atoms with Gasteiger partial charge >= 0.3 is 0 Å². The molecule has 1 N–H and O–H groups in total. The smallest absolute Gasteiger partial charge is 0.295 e. The highest BCUT2D eigenvalue weighted by Gasteiger charge is 2.43. The second kappa shape index (κ2) is 6.56. The Balaban J connectivity index is 1.84. The minimum absolute atomic E-state index is 0.00816. The van der Waals surface area contributed by atoms with Crippen LogP contribution in [0.5, 0.6) is 5.75 Å². The number of aryl methyl sites for hydroxylation is 1. The van der Waals surface area contributed by atoms with Crippen molar-refractivity contribution < 1.29 is 18.7 Å². The highest BCUT2D eigenvalue weighted by atomic mass is 19.1. The number of phenols is 1. The van der Waals surface area contributed by atoms with Crippen molar-refractivity contribution in [3.63, 3.8) is 0 Å². The Bertz CT molecular complexity index is 1390. The van der Waals surface area contributed by atoms with E-state index < -0.39 is 23.2 Å². The topological polar surface area (TPSA) is 70.8 Å². The van der Waals surface area contributed by atoms with Gasteiger partial charge in [-0.15, -0.1) is 0 Å². The van der Waals surface area contributed by atoms with Gasteiger partial charge in [-0.2, -0.15) is 0 Å². The monoisotopic (exact) mass is 401 g/mol. The molecular formula is C24H16FNO4. The van der Waals surface area contributed by atoms with E-state index in [9.17, 15) is 19.1 Å². The quantitative estimate of drug-likeness (QED) is 0.529. The minimum atomic E-state index is -0.815. The van der Waals surface area contributed by atoms with Gasteiger partial charge in [0.1, 0.15) is 17.1 Å². The van der Waals surface area contributed by atoms with Gasteiger partial charge in [0, 0.05) is 5.69 Å². The molecular weight excluding hydrogens is 385 g/mol. The summed E-state index contributed by atoms with van der Waals surface area (Å²) in [5, 5.41) is 10.1. The zero-order valence-electron chi connectivity index (χ0n) is 15.9. The van der Waals surface area contributed by atoms with Crippen molar-refractivity contribution in [3.05, 3.63) is 105 Å². The number of aromatic hydroxyl groups is 1. The van der Waals surface area contributed by atoms with Gasteiger partial charge in [0.2, 0.25) is 5.76 Å². The van der Waals surface area contributed by atoms with Gasteiger partial charge in [0.05, 0.1) is 17.0 Å². The number of carbonyl (C=O) groups is 1. The Labute approximate surface area is 170 Å². The van der Waals surface area contributed by atoms with E-state index >= 15 is 0 Å². The summed E-state index contributed by atoms with van der Waals surface area (Å²) >= 11 is 0. The molecule has 4 aromatic rings. The van der Waals surface area contributed by atoms with Crippen molar-refractivity contribution in [2.75, 3.05) is 4.90 Å². The predicted octanol–water partition coefficient (Wildman–Crippen LogP) is 4.70. The van der Waals surface area contributed by atoms with Crippen LogP contribution in [-0.4, -0.2) is 11.0 Å². The summed E-state index contributed by atoms with van der Waals surface area (Å²) < 4.78 is 19.6. The molecule has 5 rings (SSSR count). The summed E-state index contributed by atoms with van der Waals surface area (Å²) in [6.07, 6.45) is 0. The van der Waals surface area contributed by atoms with E-state index in [0.29, 0.717) is 11.3 Å². The van der Waals surface area contributed by atoms with Crippen LogP contribution in [0.4, 0.5) is 10.1 Å². The van der Waals surface area contributed by atoms with Gasteiger partial charge in [-0.25, -0.2) is 4.39 Å². The number of nitrogens with zero attached hydrogens (tertiary/aromatic N) is 1. The first-order chi connectivity index (χ1) is 14.4. The first kappa shape index (κ1) is 18.1. The minimum Gasteiger partial charge on any atom is -0.508 e. The maximum Gasteiger partial charge on any atom is 0.295 e. The van der Waals surface area contributed by atoms with E-state index in [1.807, 2.05) is 25.1 Å². The Morgan fingerprint density at radius 1 is 1.00 bits per heavy atom. The van der Waals surface area contributed by atoms with E-state index in [1.54, 1.807) is 18.2 Å². The van der Waals surface area contributed by atoms with E-state index in [2.05, 4.69) is 0 Å². The van der Waals surface area contributed by atoms with Crippen LogP contribution >= 0.6 is 0 Å². The van der Waals surface area contributed by atoms with Gasteiger partial charge < -0.3 is 9.52 Å². The van der Waals surface area contributed by atoms with Crippen LogP contribution in [0.15, 0.2) is 75.9 Å². The van der Waals surface area contributed by atoms with Crippen LogP contribution in [0.1, 0.15) is 33.3 Å². The SMILES string of the molecule is Cc1cccc(N2C(=O)c3oc4ccc(F)cc4c(=O)c3C2c2cccc(O)c2)c1. The van der Waals surface area contributed by atoms with Crippen LogP contribution in [-0.2, 0) is 0 Å². The van der Waals surface area contributed by atoms with Crippen LogP contribution in [0.2, 0.25) is 0 Å². The third kappa shape index (κ3) is 2.69. The molecule has 1 aliphatic heterocycles. The fourth-order valence-electron chi connectivity index (χ4n) is 4.00. The van der Waals surface area contributed by atoms with Crippen LogP contribution in [0.25, 0.3) is 11.0 Å². The number of amides is 1. The summed E-state index contributed by atoms with van der Waals surface area (Å²) in [6, 6.07) is 16.5. The number of fused-ring (bicyclic) bond motifs is 2. The lowest BCUT2D eigenvalue weighted by molar-refractivity contribution is 0.0971. The van der Waals surface area contributed by atoms with Gasteiger partial charge in [0.15, 0.2) is 5.43 Å².